The standard InChI is InChI=1S/C9H6IN3OS/c10-8-1-6(4-15-8)9(14)13-7-2-11-5-12-3-7/h1-5H,(H,13,14). The molecule has 0 spiro atoms. The molecule has 0 aliphatic heterocycles. The Morgan fingerprint density at radius 3 is 2.73 bits per heavy atom. The Morgan fingerprint density at radius 1 is 1.40 bits per heavy atom. The number of amides is 1. The average Bonchev–Trinajstić information content (AvgIpc) is 2.66. The highest BCUT2D eigenvalue weighted by Gasteiger charge is 2.07. The van der Waals surface area contributed by atoms with Crippen LogP contribution < -0.4 is 5.32 Å². The zero-order valence-corrected chi connectivity index (χ0v) is 10.4. The van der Waals surface area contributed by atoms with Crippen molar-refractivity contribution in [1.29, 1.82) is 0 Å². The van der Waals surface area contributed by atoms with E-state index < -0.39 is 0 Å². The van der Waals surface area contributed by atoms with Gasteiger partial charge in [0, 0.05) is 5.38 Å². The number of carbonyl (C=O) groups is 1. The smallest absolute Gasteiger partial charge is 0.256 e. The fourth-order valence-corrected chi connectivity index (χ4v) is 2.32. The van der Waals surface area contributed by atoms with E-state index in [1.807, 2.05) is 11.4 Å². The molecule has 6 heteroatoms. The Hall–Kier alpha value is -1.02. The number of nitrogens with one attached hydrogen (secondary N) is 1. The fraction of sp³-hybridized carbons (Fsp3) is 0. The maximum Gasteiger partial charge on any atom is 0.256 e. The minimum atomic E-state index is -0.135. The lowest BCUT2D eigenvalue weighted by atomic mass is 10.3. The van der Waals surface area contributed by atoms with Crippen LogP contribution >= 0.6 is 33.9 Å². The number of nitrogens with zero attached hydrogens (tertiary/aromatic N) is 2. The number of rotatable bonds is 2. The predicted molar refractivity (Wildman–Crippen MR) is 67.0 cm³/mol. The second-order valence-corrected chi connectivity index (χ2v) is 5.53. The normalized spacial score (nSPS) is 9.93. The summed E-state index contributed by atoms with van der Waals surface area (Å²) >= 11 is 3.72. The van der Waals surface area contributed by atoms with Gasteiger partial charge in [-0.1, -0.05) is 0 Å². The molecule has 0 radical (unpaired) electrons. The molecule has 1 N–H and O–H groups in total. The van der Waals surface area contributed by atoms with Gasteiger partial charge in [-0.3, -0.25) is 4.79 Å². The van der Waals surface area contributed by atoms with Crippen LogP contribution in [0.25, 0.3) is 0 Å². The number of aromatic nitrogens is 2. The fourth-order valence-electron chi connectivity index (χ4n) is 0.996. The molecule has 0 saturated carbocycles. The molecule has 4 nitrogen and oxygen atoms in total. The highest BCUT2D eigenvalue weighted by molar-refractivity contribution is 14.1. The van der Waals surface area contributed by atoms with Crippen LogP contribution in [-0.2, 0) is 0 Å². The van der Waals surface area contributed by atoms with Crippen LogP contribution in [0.3, 0.4) is 0 Å². The zero-order chi connectivity index (χ0) is 10.7. The van der Waals surface area contributed by atoms with Crippen LogP contribution in [0, 0.1) is 2.88 Å². The second-order valence-electron chi connectivity index (χ2n) is 2.72. The zero-order valence-electron chi connectivity index (χ0n) is 7.48. The Bertz CT molecular complexity index is 471. The lowest BCUT2D eigenvalue weighted by Gasteiger charge is -2.00. The minimum Gasteiger partial charge on any atom is -0.319 e. The van der Waals surface area contributed by atoms with Crippen LogP contribution in [0.1, 0.15) is 10.4 Å². The first kappa shape index (κ1) is 10.5. The van der Waals surface area contributed by atoms with Gasteiger partial charge in [0.1, 0.15) is 6.33 Å². The number of hydrogen-bond donors (Lipinski definition) is 1. The van der Waals surface area contributed by atoms with Gasteiger partial charge < -0.3 is 5.32 Å². The molecule has 2 aromatic heterocycles. The van der Waals surface area contributed by atoms with Crippen LogP contribution in [0.15, 0.2) is 30.2 Å². The molecular formula is C9H6IN3OS. The first-order chi connectivity index (χ1) is 7.25. The summed E-state index contributed by atoms with van der Waals surface area (Å²) in [5.41, 5.74) is 1.26. The summed E-state index contributed by atoms with van der Waals surface area (Å²) in [7, 11) is 0. The lowest BCUT2D eigenvalue weighted by molar-refractivity contribution is 0.102. The monoisotopic (exact) mass is 331 g/mol. The highest BCUT2D eigenvalue weighted by atomic mass is 127. The van der Waals surface area contributed by atoms with Crippen LogP contribution in [-0.4, -0.2) is 15.9 Å². The lowest BCUT2D eigenvalue weighted by Crippen LogP contribution is -2.11. The molecule has 2 rings (SSSR count). The van der Waals surface area contributed by atoms with Crippen molar-refractivity contribution < 1.29 is 4.79 Å². The Kier molecular flexibility index (Phi) is 3.27. The van der Waals surface area contributed by atoms with Gasteiger partial charge in [0.2, 0.25) is 0 Å². The third-order valence-electron chi connectivity index (χ3n) is 1.65. The van der Waals surface area contributed by atoms with E-state index in [0.29, 0.717) is 11.3 Å². The van der Waals surface area contributed by atoms with Crippen LogP contribution in [0.5, 0.6) is 0 Å². The number of carbonyl (C=O) groups excluding carboxylic acids is 1. The Labute approximate surface area is 104 Å². The van der Waals surface area contributed by atoms with E-state index in [4.69, 9.17) is 0 Å². The topological polar surface area (TPSA) is 54.9 Å². The van der Waals surface area contributed by atoms with Crippen molar-refractivity contribution in [2.75, 3.05) is 5.32 Å². The summed E-state index contributed by atoms with van der Waals surface area (Å²) in [4.78, 5) is 19.3. The van der Waals surface area contributed by atoms with E-state index in [-0.39, 0.29) is 5.91 Å². The summed E-state index contributed by atoms with van der Waals surface area (Å²) in [6.07, 6.45) is 4.54. The van der Waals surface area contributed by atoms with Gasteiger partial charge in [0.15, 0.2) is 0 Å². The maximum atomic E-state index is 11.7. The van der Waals surface area contributed by atoms with Gasteiger partial charge in [0.25, 0.3) is 5.91 Å². The van der Waals surface area contributed by atoms with Gasteiger partial charge >= 0.3 is 0 Å². The summed E-state index contributed by atoms with van der Waals surface area (Å²) < 4.78 is 1.09. The van der Waals surface area contributed by atoms with Gasteiger partial charge in [-0.2, -0.15) is 0 Å². The van der Waals surface area contributed by atoms with Gasteiger partial charge in [-0.25, -0.2) is 9.97 Å². The molecule has 0 fully saturated rings. The molecule has 0 aromatic carbocycles. The molecule has 2 heterocycles. The highest BCUT2D eigenvalue weighted by Crippen LogP contribution is 2.17. The molecule has 0 saturated heterocycles. The number of thiophene rings is 1. The van der Waals surface area contributed by atoms with Gasteiger partial charge in [-0.05, 0) is 28.7 Å². The third kappa shape index (κ3) is 2.72. The third-order valence-corrected chi connectivity index (χ3v) is 3.44. The van der Waals surface area contributed by atoms with Gasteiger partial charge in [-0.15, -0.1) is 11.3 Å². The van der Waals surface area contributed by atoms with Crippen LogP contribution in [0.2, 0.25) is 0 Å². The van der Waals surface area contributed by atoms with Gasteiger partial charge in [0.05, 0.1) is 26.5 Å². The molecule has 76 valence electrons. The first-order valence-electron chi connectivity index (χ1n) is 4.06. The van der Waals surface area contributed by atoms with Crippen LogP contribution in [0.4, 0.5) is 5.69 Å². The maximum absolute atomic E-state index is 11.7. The molecule has 1 amide bonds. The molecule has 0 atom stereocenters. The Morgan fingerprint density at radius 2 is 2.13 bits per heavy atom. The molecular weight excluding hydrogens is 325 g/mol. The quantitative estimate of drug-likeness (QED) is 0.860. The number of anilines is 1. The number of halogens is 1. The van der Waals surface area contributed by atoms with E-state index >= 15 is 0 Å². The van der Waals surface area contributed by atoms with E-state index in [2.05, 4.69) is 37.9 Å². The Balaban J connectivity index is 2.11. The van der Waals surface area contributed by atoms with Crippen molar-refractivity contribution in [2.24, 2.45) is 0 Å². The second kappa shape index (κ2) is 4.67. The van der Waals surface area contributed by atoms with Crippen molar-refractivity contribution >= 4 is 45.5 Å². The molecule has 0 bridgehead atoms. The summed E-state index contributed by atoms with van der Waals surface area (Å²) in [6, 6.07) is 1.84. The molecule has 15 heavy (non-hydrogen) atoms. The summed E-state index contributed by atoms with van der Waals surface area (Å²) in [5.74, 6) is -0.135. The molecule has 2 aromatic rings. The largest absolute Gasteiger partial charge is 0.319 e. The molecule has 0 aliphatic rings. The predicted octanol–water partition coefficient (Wildman–Crippen LogP) is 2.40. The first-order valence-corrected chi connectivity index (χ1v) is 6.02. The average molecular weight is 331 g/mol. The van der Waals surface area contributed by atoms with Crippen molar-refractivity contribution in [3.63, 3.8) is 0 Å². The van der Waals surface area contributed by atoms with E-state index in [0.717, 1.165) is 2.88 Å². The SMILES string of the molecule is O=C(Nc1cncnc1)c1csc(I)c1. The van der Waals surface area contributed by atoms with Crippen molar-refractivity contribution in [3.05, 3.63) is 38.6 Å². The molecule has 0 unspecified atom stereocenters. The number of hydrogen-bond acceptors (Lipinski definition) is 4. The minimum absolute atomic E-state index is 0.135. The summed E-state index contributed by atoms with van der Waals surface area (Å²) in [6.45, 7) is 0. The van der Waals surface area contributed by atoms with Crippen molar-refractivity contribution in [3.8, 4) is 0 Å². The van der Waals surface area contributed by atoms with Crippen molar-refractivity contribution in [2.45, 2.75) is 0 Å². The summed E-state index contributed by atoms with van der Waals surface area (Å²) in [5, 5.41) is 4.53. The van der Waals surface area contributed by atoms with E-state index in [1.165, 1.54) is 17.7 Å². The van der Waals surface area contributed by atoms with E-state index in [9.17, 15) is 4.79 Å². The van der Waals surface area contributed by atoms with E-state index in [1.54, 1.807) is 12.4 Å². The van der Waals surface area contributed by atoms with Crippen molar-refractivity contribution in [1.82, 2.24) is 9.97 Å². The molecule has 0 aliphatic carbocycles.